The van der Waals surface area contributed by atoms with Crippen molar-refractivity contribution in [2.45, 2.75) is 72.4 Å². The van der Waals surface area contributed by atoms with Crippen molar-refractivity contribution in [1.82, 2.24) is 20.0 Å². The molecule has 0 aromatic heterocycles. The number of aliphatic hydroxyl groups excluding tert-OH is 1. The lowest BCUT2D eigenvalue weighted by Gasteiger charge is -2.42. The van der Waals surface area contributed by atoms with Crippen LogP contribution in [-0.2, 0) is 45.0 Å². The Morgan fingerprint density at radius 2 is 1.10 bits per heavy atom. The maximum Gasteiger partial charge on any atom is 0.337 e. The minimum absolute atomic E-state index is 0.241. The molecule has 2 aromatic rings. The topological polar surface area (TPSA) is 129 Å². The van der Waals surface area contributed by atoms with Crippen LogP contribution in [0.3, 0.4) is 0 Å². The zero-order valence-electron chi connectivity index (χ0n) is 30.8. The first-order valence-corrected chi connectivity index (χ1v) is 17.9. The van der Waals surface area contributed by atoms with Crippen LogP contribution in [0.15, 0.2) is 36.4 Å². The SMILES string of the molecule is CCN1CCC(C)(C(=O)N2CCc3cc(C(=O)OC)ccc3C2)CC1.CO.COC(=O)c1ccc2c(c1)CCN(C(=O)C1(C)CCNCC1)C2. The number of likely N-dealkylation sites (tertiary alicyclic amines) is 1. The lowest BCUT2D eigenvalue weighted by molar-refractivity contribution is -0.145. The highest BCUT2D eigenvalue weighted by atomic mass is 16.5. The van der Waals surface area contributed by atoms with Crippen LogP contribution in [0.5, 0.6) is 0 Å². The van der Waals surface area contributed by atoms with Crippen molar-refractivity contribution in [3.63, 3.8) is 0 Å². The molecule has 0 atom stereocenters. The van der Waals surface area contributed by atoms with E-state index in [1.807, 2.05) is 34.1 Å². The fourth-order valence-corrected chi connectivity index (χ4v) is 7.47. The molecule has 11 heteroatoms. The van der Waals surface area contributed by atoms with Crippen LogP contribution in [0.4, 0.5) is 0 Å². The summed E-state index contributed by atoms with van der Waals surface area (Å²) in [5.41, 5.74) is 5.25. The van der Waals surface area contributed by atoms with Gasteiger partial charge in [-0.25, -0.2) is 9.59 Å². The summed E-state index contributed by atoms with van der Waals surface area (Å²) >= 11 is 0. The van der Waals surface area contributed by atoms with Crippen molar-refractivity contribution < 1.29 is 33.8 Å². The van der Waals surface area contributed by atoms with E-state index in [2.05, 4.69) is 31.0 Å². The van der Waals surface area contributed by atoms with E-state index in [1.165, 1.54) is 14.2 Å². The Hall–Kier alpha value is -3.80. The van der Waals surface area contributed by atoms with E-state index in [9.17, 15) is 19.2 Å². The van der Waals surface area contributed by atoms with Gasteiger partial charge in [0, 0.05) is 44.1 Å². The van der Waals surface area contributed by atoms with Crippen molar-refractivity contribution in [2.24, 2.45) is 10.8 Å². The van der Waals surface area contributed by atoms with E-state index >= 15 is 0 Å². The summed E-state index contributed by atoms with van der Waals surface area (Å²) in [6, 6.07) is 11.3. The highest BCUT2D eigenvalue weighted by molar-refractivity contribution is 5.90. The predicted octanol–water partition coefficient (Wildman–Crippen LogP) is 3.84. The molecular weight excluding hydrogens is 636 g/mol. The average Bonchev–Trinajstić information content (AvgIpc) is 3.17. The second-order valence-electron chi connectivity index (χ2n) is 14.2. The number of benzene rings is 2. The number of piperidine rings is 2. The highest BCUT2D eigenvalue weighted by Gasteiger charge is 2.40. The first kappa shape index (κ1) is 39.0. The van der Waals surface area contributed by atoms with E-state index in [0.717, 1.165) is 114 Å². The molecule has 11 nitrogen and oxygen atoms in total. The fourth-order valence-electron chi connectivity index (χ4n) is 7.47. The van der Waals surface area contributed by atoms with Gasteiger partial charge in [0.2, 0.25) is 11.8 Å². The number of nitrogens with one attached hydrogen (secondary N) is 1. The summed E-state index contributed by atoms with van der Waals surface area (Å²) in [6.45, 7) is 14.0. The molecule has 0 aliphatic carbocycles. The number of carbonyl (C=O) groups excluding carboxylic acids is 4. The van der Waals surface area contributed by atoms with E-state index in [0.29, 0.717) is 24.2 Å². The van der Waals surface area contributed by atoms with Crippen molar-refractivity contribution in [2.75, 3.05) is 67.1 Å². The van der Waals surface area contributed by atoms with Gasteiger partial charge in [-0.3, -0.25) is 9.59 Å². The molecule has 2 aromatic carbocycles. The van der Waals surface area contributed by atoms with Crippen molar-refractivity contribution >= 4 is 23.8 Å². The van der Waals surface area contributed by atoms with Crippen LogP contribution in [0.25, 0.3) is 0 Å². The average molecular weight is 693 g/mol. The van der Waals surface area contributed by atoms with Crippen LogP contribution >= 0.6 is 0 Å². The smallest absolute Gasteiger partial charge is 0.337 e. The Kier molecular flexibility index (Phi) is 13.6. The zero-order valence-corrected chi connectivity index (χ0v) is 30.8. The van der Waals surface area contributed by atoms with Crippen LogP contribution < -0.4 is 5.32 Å². The molecule has 2 N–H and O–H groups in total. The lowest BCUT2D eigenvalue weighted by Crippen LogP contribution is -2.49. The van der Waals surface area contributed by atoms with Crippen molar-refractivity contribution in [3.05, 3.63) is 69.8 Å². The summed E-state index contributed by atoms with van der Waals surface area (Å²) in [7, 11) is 3.79. The number of carbonyl (C=O) groups is 4. The molecule has 0 unspecified atom stereocenters. The molecule has 6 rings (SSSR count). The van der Waals surface area contributed by atoms with Gasteiger partial charge < -0.3 is 34.6 Å². The molecule has 50 heavy (non-hydrogen) atoms. The summed E-state index contributed by atoms with van der Waals surface area (Å²) in [5, 5.41) is 10.3. The molecule has 4 aliphatic heterocycles. The summed E-state index contributed by atoms with van der Waals surface area (Å²) in [4.78, 5) is 55.8. The number of fused-ring (bicyclic) bond motifs is 2. The number of aliphatic hydroxyl groups is 1. The van der Waals surface area contributed by atoms with Gasteiger partial charge in [0.05, 0.1) is 25.3 Å². The minimum atomic E-state index is -0.312. The molecule has 274 valence electrons. The number of rotatable bonds is 5. The Balaban J connectivity index is 0.000000215. The second kappa shape index (κ2) is 17.4. The van der Waals surface area contributed by atoms with Gasteiger partial charge in [-0.05, 0) is 118 Å². The Morgan fingerprint density at radius 1 is 0.680 bits per heavy atom. The number of ether oxygens (including phenoxy) is 2. The van der Waals surface area contributed by atoms with Crippen LogP contribution in [0, 0.1) is 10.8 Å². The van der Waals surface area contributed by atoms with Gasteiger partial charge in [-0.15, -0.1) is 0 Å². The summed E-state index contributed by atoms with van der Waals surface area (Å²) in [6.07, 6.45) is 5.25. The molecule has 0 spiro atoms. The van der Waals surface area contributed by atoms with Gasteiger partial charge in [0.15, 0.2) is 0 Å². The second-order valence-corrected chi connectivity index (χ2v) is 14.2. The van der Waals surface area contributed by atoms with E-state index in [1.54, 1.807) is 12.1 Å². The molecule has 2 fully saturated rings. The number of amides is 2. The standard InChI is InChI=1S/C20H28N2O3.C18H24N2O3.CH4O/c1-4-21-11-8-20(2,9-12-21)19(24)22-10-7-15-13-16(18(23)25-3)5-6-17(15)14-22;1-18(6-8-19-9-7-18)17(22)20-10-5-13-11-14(16(21)23-2)3-4-15(13)12-20;1-2/h5-6,13H,4,7-12,14H2,1-3H3;3-4,11,19H,5-10,12H2,1-2H3;2H,1H3. The maximum absolute atomic E-state index is 13.1. The lowest BCUT2D eigenvalue weighted by atomic mass is 9.78. The van der Waals surface area contributed by atoms with E-state index < -0.39 is 0 Å². The molecular formula is C39H56N4O7. The van der Waals surface area contributed by atoms with Gasteiger partial charge in [0.1, 0.15) is 0 Å². The normalized spacial score (nSPS) is 19.3. The first-order chi connectivity index (χ1) is 24.0. The molecule has 0 saturated carbocycles. The Bertz CT molecular complexity index is 1510. The number of esters is 2. The molecule has 0 bridgehead atoms. The van der Waals surface area contributed by atoms with Crippen molar-refractivity contribution in [3.8, 4) is 0 Å². The van der Waals surface area contributed by atoms with Gasteiger partial charge in [0.25, 0.3) is 0 Å². The number of methoxy groups -OCH3 is 2. The summed E-state index contributed by atoms with van der Waals surface area (Å²) < 4.78 is 9.56. The molecule has 2 amide bonds. The molecule has 2 saturated heterocycles. The molecule has 4 heterocycles. The van der Waals surface area contributed by atoms with E-state index in [4.69, 9.17) is 14.6 Å². The van der Waals surface area contributed by atoms with E-state index in [-0.39, 0.29) is 34.6 Å². The van der Waals surface area contributed by atoms with Gasteiger partial charge >= 0.3 is 11.9 Å². The molecule has 4 aliphatic rings. The first-order valence-electron chi connectivity index (χ1n) is 17.9. The largest absolute Gasteiger partial charge is 0.465 e. The third-order valence-corrected chi connectivity index (χ3v) is 11.0. The maximum atomic E-state index is 13.1. The monoisotopic (exact) mass is 692 g/mol. The third-order valence-electron chi connectivity index (χ3n) is 11.0. The minimum Gasteiger partial charge on any atom is -0.465 e. The number of hydrogen-bond donors (Lipinski definition) is 2. The van der Waals surface area contributed by atoms with Crippen LogP contribution in [0.1, 0.15) is 89.4 Å². The fraction of sp³-hybridized carbons (Fsp3) is 0.590. The third kappa shape index (κ3) is 8.91. The molecule has 0 radical (unpaired) electrons. The zero-order chi connectivity index (χ0) is 36.5. The quantitative estimate of drug-likeness (QED) is 0.450. The van der Waals surface area contributed by atoms with Crippen LogP contribution in [0.2, 0.25) is 0 Å². The predicted molar refractivity (Wildman–Crippen MR) is 192 cm³/mol. The van der Waals surface area contributed by atoms with Crippen LogP contribution in [-0.4, -0.2) is 111 Å². The van der Waals surface area contributed by atoms with Gasteiger partial charge in [-0.2, -0.15) is 0 Å². The summed E-state index contributed by atoms with van der Waals surface area (Å²) in [5.74, 6) is -0.0716. The highest BCUT2D eigenvalue weighted by Crippen LogP contribution is 2.35. The van der Waals surface area contributed by atoms with Crippen molar-refractivity contribution in [1.29, 1.82) is 0 Å². The number of hydrogen-bond acceptors (Lipinski definition) is 9. The Labute approximate surface area is 297 Å². The van der Waals surface area contributed by atoms with Gasteiger partial charge in [-0.1, -0.05) is 32.9 Å². The number of nitrogens with zero attached hydrogens (tertiary/aromatic N) is 3. The Morgan fingerprint density at radius 3 is 1.50 bits per heavy atom.